The number of anilines is 1. The number of carbonyl (C=O) groups excluding carboxylic acids is 3. The number of halogens is 2. The average Bonchev–Trinajstić information content (AvgIpc) is 2.65. The predicted molar refractivity (Wildman–Crippen MR) is 104 cm³/mol. The monoisotopic (exact) mass is 440 g/mol. The summed E-state index contributed by atoms with van der Waals surface area (Å²) < 4.78 is 9.55. The minimum atomic E-state index is -1.26. The van der Waals surface area contributed by atoms with Crippen molar-refractivity contribution in [2.24, 2.45) is 0 Å². The number of benzene rings is 2. The molecule has 0 saturated heterocycles. The Hall–Kier alpha value is -3.17. The van der Waals surface area contributed by atoms with Gasteiger partial charge in [-0.1, -0.05) is 23.2 Å². The van der Waals surface area contributed by atoms with Crippen LogP contribution >= 0.6 is 23.2 Å². The second-order valence-corrected chi connectivity index (χ2v) is 6.59. The van der Waals surface area contributed by atoms with Crippen molar-refractivity contribution in [2.45, 2.75) is 13.0 Å². The van der Waals surface area contributed by atoms with Crippen molar-refractivity contribution in [3.05, 3.63) is 67.7 Å². The topological polar surface area (TPSA) is 125 Å². The number of nitro groups is 1. The van der Waals surface area contributed by atoms with Crippen molar-refractivity contribution in [3.8, 4) is 0 Å². The fourth-order valence-electron chi connectivity index (χ4n) is 2.22. The van der Waals surface area contributed by atoms with Crippen molar-refractivity contribution in [3.63, 3.8) is 0 Å². The molecular weight excluding hydrogens is 427 g/mol. The molecule has 0 aliphatic heterocycles. The molecule has 0 aromatic heterocycles. The molecule has 1 N–H and O–H groups in total. The normalized spacial score (nSPS) is 11.3. The lowest BCUT2D eigenvalue weighted by atomic mass is 10.1. The Morgan fingerprint density at radius 1 is 1.00 bits per heavy atom. The number of amides is 1. The highest BCUT2D eigenvalue weighted by atomic mass is 35.5. The van der Waals surface area contributed by atoms with Crippen LogP contribution in [0.3, 0.4) is 0 Å². The van der Waals surface area contributed by atoms with Crippen LogP contribution in [0.2, 0.25) is 10.0 Å². The zero-order valence-corrected chi connectivity index (χ0v) is 16.6. The summed E-state index contributed by atoms with van der Waals surface area (Å²) >= 11 is 11.7. The van der Waals surface area contributed by atoms with Crippen LogP contribution in [0.15, 0.2) is 36.4 Å². The third kappa shape index (κ3) is 5.90. The number of nitro benzene ring substituents is 1. The van der Waals surface area contributed by atoms with Crippen LogP contribution < -0.4 is 5.32 Å². The molecule has 2 aromatic carbocycles. The standard InChI is InChI=1S/C18H14Cl2N2O7/c1-9(16(23)21-14-7-12(19)6-13(20)8-14)29-18(25)11-3-10(17(24)28-2)4-15(5-11)22(26)27/h3-9H,1-2H3,(H,21,23). The SMILES string of the molecule is COC(=O)c1cc(C(=O)OC(C)C(=O)Nc2cc(Cl)cc(Cl)c2)cc([N+](=O)[O-])c1. The van der Waals surface area contributed by atoms with Gasteiger partial charge < -0.3 is 14.8 Å². The Kier molecular flexibility index (Phi) is 7.13. The van der Waals surface area contributed by atoms with E-state index in [0.29, 0.717) is 15.7 Å². The summed E-state index contributed by atoms with van der Waals surface area (Å²) in [6.07, 6.45) is -1.26. The average molecular weight is 441 g/mol. The van der Waals surface area contributed by atoms with Gasteiger partial charge in [-0.15, -0.1) is 0 Å². The zero-order valence-electron chi connectivity index (χ0n) is 15.1. The molecule has 0 aliphatic rings. The fourth-order valence-corrected chi connectivity index (χ4v) is 2.75. The van der Waals surface area contributed by atoms with Gasteiger partial charge in [-0.3, -0.25) is 14.9 Å². The van der Waals surface area contributed by atoms with Gasteiger partial charge >= 0.3 is 11.9 Å². The Bertz CT molecular complexity index is 974. The van der Waals surface area contributed by atoms with E-state index in [1.54, 1.807) is 0 Å². The molecular formula is C18H14Cl2N2O7. The number of ether oxygens (including phenoxy) is 2. The number of nitrogens with one attached hydrogen (secondary N) is 1. The fraction of sp³-hybridized carbons (Fsp3) is 0.167. The molecule has 1 atom stereocenters. The molecule has 0 bridgehead atoms. The molecule has 2 rings (SSSR count). The third-order valence-corrected chi connectivity index (χ3v) is 4.00. The van der Waals surface area contributed by atoms with Crippen LogP contribution in [0.5, 0.6) is 0 Å². The van der Waals surface area contributed by atoms with Gasteiger partial charge in [0.1, 0.15) is 0 Å². The van der Waals surface area contributed by atoms with Crippen LogP contribution in [0.1, 0.15) is 27.6 Å². The summed E-state index contributed by atoms with van der Waals surface area (Å²) in [7, 11) is 1.09. The van der Waals surface area contributed by atoms with Crippen LogP contribution in [-0.2, 0) is 14.3 Å². The molecule has 0 fully saturated rings. The van der Waals surface area contributed by atoms with E-state index in [1.165, 1.54) is 25.1 Å². The lowest BCUT2D eigenvalue weighted by Crippen LogP contribution is -2.30. The summed E-state index contributed by atoms with van der Waals surface area (Å²) in [5.74, 6) is -2.59. The molecule has 1 unspecified atom stereocenters. The highest BCUT2D eigenvalue weighted by molar-refractivity contribution is 6.35. The number of non-ortho nitro benzene ring substituents is 1. The van der Waals surface area contributed by atoms with Crippen molar-refractivity contribution in [1.29, 1.82) is 0 Å². The van der Waals surface area contributed by atoms with E-state index < -0.39 is 34.6 Å². The van der Waals surface area contributed by atoms with Gasteiger partial charge in [0, 0.05) is 27.9 Å². The van der Waals surface area contributed by atoms with E-state index in [0.717, 1.165) is 25.3 Å². The minimum absolute atomic E-state index is 0.209. The van der Waals surface area contributed by atoms with Gasteiger partial charge in [0.05, 0.1) is 23.2 Å². The first-order chi connectivity index (χ1) is 13.6. The quantitative estimate of drug-likeness (QED) is 0.410. The molecule has 0 spiro atoms. The Labute approximate surface area is 174 Å². The van der Waals surface area contributed by atoms with Crippen LogP contribution in [0.25, 0.3) is 0 Å². The molecule has 11 heteroatoms. The molecule has 152 valence electrons. The summed E-state index contributed by atoms with van der Waals surface area (Å²) in [4.78, 5) is 46.5. The zero-order chi connectivity index (χ0) is 21.7. The second-order valence-electron chi connectivity index (χ2n) is 5.71. The van der Waals surface area contributed by atoms with Crippen molar-refractivity contribution in [1.82, 2.24) is 0 Å². The smallest absolute Gasteiger partial charge is 0.339 e. The van der Waals surface area contributed by atoms with E-state index in [9.17, 15) is 24.5 Å². The maximum atomic E-state index is 12.3. The van der Waals surface area contributed by atoms with Crippen LogP contribution in [0, 0.1) is 10.1 Å². The third-order valence-electron chi connectivity index (χ3n) is 3.57. The largest absolute Gasteiger partial charge is 0.465 e. The maximum absolute atomic E-state index is 12.3. The molecule has 0 aliphatic carbocycles. The van der Waals surface area contributed by atoms with E-state index in [-0.39, 0.29) is 11.1 Å². The summed E-state index contributed by atoms with van der Waals surface area (Å²) in [6.45, 7) is 1.30. The molecule has 1 amide bonds. The summed E-state index contributed by atoms with van der Waals surface area (Å²) in [6, 6.07) is 7.33. The first kappa shape index (κ1) is 22.1. The van der Waals surface area contributed by atoms with Crippen LogP contribution in [-0.4, -0.2) is 36.0 Å². The van der Waals surface area contributed by atoms with Crippen LogP contribution in [0.4, 0.5) is 11.4 Å². The molecule has 2 aromatic rings. The maximum Gasteiger partial charge on any atom is 0.339 e. The highest BCUT2D eigenvalue weighted by Crippen LogP contribution is 2.23. The molecule has 29 heavy (non-hydrogen) atoms. The molecule has 0 radical (unpaired) electrons. The first-order valence-corrected chi connectivity index (χ1v) is 8.72. The summed E-state index contributed by atoms with van der Waals surface area (Å²) in [5.41, 5.74) is -0.714. The second kappa shape index (κ2) is 9.35. The van der Waals surface area contributed by atoms with Gasteiger partial charge in [-0.05, 0) is 31.2 Å². The van der Waals surface area contributed by atoms with Gasteiger partial charge in [0.25, 0.3) is 11.6 Å². The van der Waals surface area contributed by atoms with E-state index in [4.69, 9.17) is 27.9 Å². The number of esters is 2. The number of hydrogen-bond donors (Lipinski definition) is 1. The van der Waals surface area contributed by atoms with Gasteiger partial charge in [0.2, 0.25) is 0 Å². The number of nitrogens with zero attached hydrogens (tertiary/aromatic N) is 1. The van der Waals surface area contributed by atoms with E-state index >= 15 is 0 Å². The number of hydrogen-bond acceptors (Lipinski definition) is 7. The lowest BCUT2D eigenvalue weighted by Gasteiger charge is -2.14. The Balaban J connectivity index is 2.17. The van der Waals surface area contributed by atoms with Crippen molar-refractivity contribution in [2.75, 3.05) is 12.4 Å². The number of methoxy groups -OCH3 is 1. The number of rotatable bonds is 6. The Morgan fingerprint density at radius 3 is 2.07 bits per heavy atom. The van der Waals surface area contributed by atoms with E-state index in [1.807, 2.05) is 0 Å². The number of carbonyl (C=O) groups is 3. The first-order valence-electron chi connectivity index (χ1n) is 7.96. The predicted octanol–water partition coefficient (Wildman–Crippen LogP) is 3.87. The summed E-state index contributed by atoms with van der Waals surface area (Å²) in [5, 5.41) is 14.1. The van der Waals surface area contributed by atoms with Gasteiger partial charge in [0.15, 0.2) is 6.10 Å². The van der Waals surface area contributed by atoms with Gasteiger partial charge in [-0.2, -0.15) is 0 Å². The molecule has 0 heterocycles. The Morgan fingerprint density at radius 2 is 1.55 bits per heavy atom. The molecule has 0 saturated carbocycles. The lowest BCUT2D eigenvalue weighted by molar-refractivity contribution is -0.384. The van der Waals surface area contributed by atoms with E-state index in [2.05, 4.69) is 10.1 Å². The van der Waals surface area contributed by atoms with Gasteiger partial charge in [-0.25, -0.2) is 9.59 Å². The van der Waals surface area contributed by atoms with Crippen molar-refractivity contribution >= 4 is 52.4 Å². The molecule has 9 nitrogen and oxygen atoms in total. The van der Waals surface area contributed by atoms with Crippen molar-refractivity contribution < 1.29 is 28.8 Å². The highest BCUT2D eigenvalue weighted by Gasteiger charge is 2.23. The minimum Gasteiger partial charge on any atom is -0.465 e.